The average molecular weight is 412 g/mol. The summed E-state index contributed by atoms with van der Waals surface area (Å²) < 4.78 is 2.23. The predicted octanol–water partition coefficient (Wildman–Crippen LogP) is 2.28. The topological polar surface area (TPSA) is 84.5 Å². The lowest BCUT2D eigenvalue weighted by Gasteiger charge is -2.37. The summed E-state index contributed by atoms with van der Waals surface area (Å²) in [4.78, 5) is 33.9. The van der Waals surface area contributed by atoms with E-state index < -0.39 is 0 Å². The normalized spacial score (nSPS) is 21.7. The zero-order chi connectivity index (χ0) is 21.4. The number of nitrogens with two attached hydrogens (primary N) is 1. The fourth-order valence-corrected chi connectivity index (χ4v) is 4.90. The van der Waals surface area contributed by atoms with E-state index in [1.54, 1.807) is 0 Å². The standard InChI is InChI=1S/C23H33N5O2/c1-15(2)11-21-25-18-6-5-17(12-19(18)28(21)9-4-8-24)23(30)27-10-7-16-13-22(29)26(3)20(16)14-27/h5-6,12,15-16,20H,4,7-11,13-14,24H2,1-3H3/t16-,20-/m1/s1. The number of hydrogen-bond acceptors (Lipinski definition) is 4. The fraction of sp³-hybridized carbons (Fsp3) is 0.609. The van der Waals surface area contributed by atoms with E-state index >= 15 is 0 Å². The highest BCUT2D eigenvalue weighted by Crippen LogP contribution is 2.32. The summed E-state index contributed by atoms with van der Waals surface area (Å²) in [5.41, 5.74) is 8.39. The molecular formula is C23H33N5O2. The molecular weight excluding hydrogens is 378 g/mol. The van der Waals surface area contributed by atoms with Crippen molar-refractivity contribution in [2.45, 2.75) is 52.1 Å². The maximum Gasteiger partial charge on any atom is 0.254 e. The minimum Gasteiger partial charge on any atom is -0.341 e. The van der Waals surface area contributed by atoms with Crippen molar-refractivity contribution in [3.63, 3.8) is 0 Å². The van der Waals surface area contributed by atoms with E-state index in [1.165, 1.54) is 0 Å². The summed E-state index contributed by atoms with van der Waals surface area (Å²) in [5, 5.41) is 0. The quantitative estimate of drug-likeness (QED) is 0.790. The maximum atomic E-state index is 13.3. The van der Waals surface area contributed by atoms with Gasteiger partial charge >= 0.3 is 0 Å². The van der Waals surface area contributed by atoms with Crippen molar-refractivity contribution >= 4 is 22.8 Å². The molecule has 4 rings (SSSR count). The first-order chi connectivity index (χ1) is 14.4. The largest absolute Gasteiger partial charge is 0.341 e. The molecule has 0 bridgehead atoms. The molecule has 2 fully saturated rings. The van der Waals surface area contributed by atoms with Gasteiger partial charge in [0.1, 0.15) is 5.82 Å². The Morgan fingerprint density at radius 1 is 1.33 bits per heavy atom. The molecule has 0 aliphatic carbocycles. The lowest BCUT2D eigenvalue weighted by Crippen LogP contribution is -2.49. The number of benzene rings is 1. The number of carbonyl (C=O) groups excluding carboxylic acids is 2. The second-order valence-electron chi connectivity index (χ2n) is 9.20. The maximum absolute atomic E-state index is 13.3. The van der Waals surface area contributed by atoms with Gasteiger partial charge in [-0.25, -0.2) is 4.98 Å². The lowest BCUT2D eigenvalue weighted by molar-refractivity contribution is -0.127. The Hall–Kier alpha value is -2.41. The smallest absolute Gasteiger partial charge is 0.254 e. The Kier molecular flexibility index (Phi) is 5.82. The second-order valence-corrected chi connectivity index (χ2v) is 9.20. The van der Waals surface area contributed by atoms with Gasteiger partial charge in [0.2, 0.25) is 5.91 Å². The first kappa shape index (κ1) is 20.8. The van der Waals surface area contributed by atoms with Crippen molar-refractivity contribution in [1.29, 1.82) is 0 Å². The summed E-state index contributed by atoms with van der Waals surface area (Å²) in [5.74, 6) is 2.18. The van der Waals surface area contributed by atoms with Gasteiger partial charge in [0, 0.05) is 45.1 Å². The van der Waals surface area contributed by atoms with Crippen LogP contribution in [0.5, 0.6) is 0 Å². The number of aromatic nitrogens is 2. The zero-order valence-corrected chi connectivity index (χ0v) is 18.3. The lowest BCUT2D eigenvalue weighted by atomic mass is 9.92. The van der Waals surface area contributed by atoms with Crippen LogP contribution in [0.2, 0.25) is 0 Å². The Morgan fingerprint density at radius 2 is 2.13 bits per heavy atom. The molecule has 2 aromatic rings. The number of rotatable bonds is 6. The van der Waals surface area contributed by atoms with Crippen LogP contribution >= 0.6 is 0 Å². The van der Waals surface area contributed by atoms with Crippen LogP contribution in [-0.2, 0) is 17.8 Å². The Balaban J connectivity index is 1.61. The molecule has 0 radical (unpaired) electrons. The van der Waals surface area contributed by atoms with Gasteiger partial charge in [-0.2, -0.15) is 0 Å². The molecule has 0 spiro atoms. The molecule has 2 atom stereocenters. The molecule has 2 aliphatic heterocycles. The van der Waals surface area contributed by atoms with Gasteiger partial charge < -0.3 is 20.1 Å². The van der Waals surface area contributed by atoms with Crippen LogP contribution in [0.1, 0.15) is 49.3 Å². The number of nitrogens with zero attached hydrogens (tertiary/aromatic N) is 4. The molecule has 7 heteroatoms. The number of likely N-dealkylation sites (N-methyl/N-ethyl adjacent to an activating group) is 1. The van der Waals surface area contributed by atoms with E-state index in [2.05, 4.69) is 18.4 Å². The SMILES string of the molecule is CC(C)Cc1nc2ccc(C(=O)N3CC[C@@H]4CC(=O)N(C)[C@@H]4C3)cc2n1CCCN. The van der Waals surface area contributed by atoms with Crippen molar-refractivity contribution in [3.8, 4) is 0 Å². The zero-order valence-electron chi connectivity index (χ0n) is 18.3. The number of amides is 2. The van der Waals surface area contributed by atoms with Crippen molar-refractivity contribution in [3.05, 3.63) is 29.6 Å². The summed E-state index contributed by atoms with van der Waals surface area (Å²) in [6.07, 6.45) is 3.29. The summed E-state index contributed by atoms with van der Waals surface area (Å²) in [7, 11) is 1.86. The van der Waals surface area contributed by atoms with Crippen molar-refractivity contribution in [1.82, 2.24) is 19.4 Å². The monoisotopic (exact) mass is 411 g/mol. The van der Waals surface area contributed by atoms with Gasteiger partial charge in [-0.1, -0.05) is 13.8 Å². The van der Waals surface area contributed by atoms with Crippen LogP contribution in [0, 0.1) is 11.8 Å². The third-order valence-corrected chi connectivity index (χ3v) is 6.59. The molecule has 2 N–H and O–H groups in total. The van der Waals surface area contributed by atoms with Crippen LogP contribution in [0.3, 0.4) is 0 Å². The second kappa shape index (κ2) is 8.38. The molecule has 162 valence electrons. The highest BCUT2D eigenvalue weighted by molar-refractivity contribution is 5.97. The Bertz CT molecular complexity index is 950. The number of fused-ring (bicyclic) bond motifs is 2. The first-order valence-electron chi connectivity index (χ1n) is 11.1. The number of aryl methyl sites for hydroxylation is 1. The van der Waals surface area contributed by atoms with Crippen LogP contribution in [-0.4, -0.2) is 63.9 Å². The fourth-order valence-electron chi connectivity index (χ4n) is 4.90. The van der Waals surface area contributed by atoms with E-state index in [0.717, 1.165) is 42.7 Å². The van der Waals surface area contributed by atoms with Gasteiger partial charge in [0.15, 0.2) is 0 Å². The Labute approximate surface area is 178 Å². The van der Waals surface area contributed by atoms with Crippen molar-refractivity contribution < 1.29 is 9.59 Å². The van der Waals surface area contributed by atoms with Gasteiger partial charge in [-0.15, -0.1) is 0 Å². The number of piperidine rings is 1. The third-order valence-electron chi connectivity index (χ3n) is 6.59. The van der Waals surface area contributed by atoms with E-state index in [-0.39, 0.29) is 17.9 Å². The molecule has 1 aromatic heterocycles. The van der Waals surface area contributed by atoms with Gasteiger partial charge in [0.05, 0.1) is 17.1 Å². The van der Waals surface area contributed by atoms with Gasteiger partial charge in [-0.3, -0.25) is 9.59 Å². The van der Waals surface area contributed by atoms with Crippen LogP contribution in [0.4, 0.5) is 0 Å². The minimum absolute atomic E-state index is 0.0417. The molecule has 2 amide bonds. The third kappa shape index (κ3) is 3.83. The van der Waals surface area contributed by atoms with Gasteiger partial charge in [0.25, 0.3) is 5.91 Å². The first-order valence-corrected chi connectivity index (χ1v) is 11.1. The molecule has 2 aliphatic rings. The summed E-state index contributed by atoms with van der Waals surface area (Å²) in [6.45, 7) is 7.15. The van der Waals surface area contributed by atoms with Gasteiger partial charge in [-0.05, 0) is 49.4 Å². The van der Waals surface area contributed by atoms with E-state index in [9.17, 15) is 9.59 Å². The molecule has 7 nitrogen and oxygen atoms in total. The molecule has 30 heavy (non-hydrogen) atoms. The molecule has 3 heterocycles. The van der Waals surface area contributed by atoms with Crippen molar-refractivity contribution in [2.24, 2.45) is 17.6 Å². The molecule has 2 saturated heterocycles. The summed E-state index contributed by atoms with van der Waals surface area (Å²) >= 11 is 0. The number of imidazole rings is 1. The Morgan fingerprint density at radius 3 is 2.87 bits per heavy atom. The minimum atomic E-state index is 0.0417. The summed E-state index contributed by atoms with van der Waals surface area (Å²) in [6, 6.07) is 5.98. The highest BCUT2D eigenvalue weighted by Gasteiger charge is 2.42. The average Bonchev–Trinajstić information content (AvgIpc) is 3.20. The van der Waals surface area contributed by atoms with E-state index in [4.69, 9.17) is 10.7 Å². The number of hydrogen-bond donors (Lipinski definition) is 1. The van der Waals surface area contributed by atoms with E-state index in [0.29, 0.717) is 43.5 Å². The molecule has 1 aromatic carbocycles. The van der Waals surface area contributed by atoms with E-state index in [1.807, 2.05) is 35.0 Å². The van der Waals surface area contributed by atoms with Crippen LogP contribution in [0.25, 0.3) is 11.0 Å². The molecule has 0 unspecified atom stereocenters. The van der Waals surface area contributed by atoms with Crippen LogP contribution in [0.15, 0.2) is 18.2 Å². The number of likely N-dealkylation sites (tertiary alicyclic amines) is 2. The molecule has 0 saturated carbocycles. The van der Waals surface area contributed by atoms with Crippen LogP contribution < -0.4 is 5.73 Å². The predicted molar refractivity (Wildman–Crippen MR) is 117 cm³/mol. The van der Waals surface area contributed by atoms with Crippen molar-refractivity contribution in [2.75, 3.05) is 26.7 Å². The number of carbonyl (C=O) groups is 2. The highest BCUT2D eigenvalue weighted by atomic mass is 16.2.